The van der Waals surface area contributed by atoms with Crippen LogP contribution in [0.5, 0.6) is 5.75 Å². The molecule has 7 heteroatoms. The maximum Gasteiger partial charge on any atom is 0.226 e. The van der Waals surface area contributed by atoms with Gasteiger partial charge in [0.2, 0.25) is 5.95 Å². The van der Waals surface area contributed by atoms with Crippen LogP contribution in [0.25, 0.3) is 11.0 Å². The third-order valence-electron chi connectivity index (χ3n) is 5.53. The number of methoxy groups -OCH3 is 1. The summed E-state index contributed by atoms with van der Waals surface area (Å²) in [5.74, 6) is 2.00. The second-order valence-electron chi connectivity index (χ2n) is 7.72. The van der Waals surface area contributed by atoms with Gasteiger partial charge in [0, 0.05) is 36.9 Å². The van der Waals surface area contributed by atoms with E-state index in [1.54, 1.807) is 7.11 Å². The van der Waals surface area contributed by atoms with Gasteiger partial charge in [0.1, 0.15) is 11.6 Å². The highest BCUT2D eigenvalue weighted by Crippen LogP contribution is 2.25. The molecule has 4 rings (SSSR count). The van der Waals surface area contributed by atoms with E-state index in [1.807, 2.05) is 32.0 Å². The van der Waals surface area contributed by atoms with Crippen molar-refractivity contribution in [3.05, 3.63) is 47.2 Å². The number of hydrogen-bond acceptors (Lipinski definition) is 7. The predicted molar refractivity (Wildman–Crippen MR) is 116 cm³/mol. The monoisotopic (exact) mass is 392 g/mol. The highest BCUT2D eigenvalue weighted by atomic mass is 16.5. The number of nitrogens with zero attached hydrogens (tertiary/aromatic N) is 4. The van der Waals surface area contributed by atoms with E-state index < -0.39 is 0 Å². The van der Waals surface area contributed by atoms with Crippen LogP contribution in [0.4, 0.5) is 11.8 Å². The lowest BCUT2D eigenvalue weighted by molar-refractivity contribution is 0.208. The van der Waals surface area contributed by atoms with Crippen LogP contribution in [0, 0.1) is 13.8 Å². The molecule has 0 amide bonds. The molecule has 0 aliphatic carbocycles. The molecule has 1 aliphatic heterocycles. The predicted octanol–water partition coefficient (Wildman–Crippen LogP) is 3.31. The van der Waals surface area contributed by atoms with Crippen LogP contribution in [0.3, 0.4) is 0 Å². The van der Waals surface area contributed by atoms with Crippen LogP contribution in [-0.4, -0.2) is 46.1 Å². The fourth-order valence-electron chi connectivity index (χ4n) is 4.07. The molecule has 0 bridgehead atoms. The van der Waals surface area contributed by atoms with Crippen LogP contribution in [-0.2, 0) is 6.54 Å². The minimum atomic E-state index is 0.326. The molecule has 3 heterocycles. The first-order valence-corrected chi connectivity index (χ1v) is 10.1. The van der Waals surface area contributed by atoms with Gasteiger partial charge in [0.05, 0.1) is 12.5 Å². The summed E-state index contributed by atoms with van der Waals surface area (Å²) in [6.07, 6.45) is 2.05. The van der Waals surface area contributed by atoms with Gasteiger partial charge in [-0.15, -0.1) is 0 Å². The van der Waals surface area contributed by atoms with Crippen molar-refractivity contribution in [2.75, 3.05) is 31.2 Å². The lowest BCUT2D eigenvalue weighted by Crippen LogP contribution is -2.39. The quantitative estimate of drug-likeness (QED) is 0.688. The number of pyridine rings is 1. The summed E-state index contributed by atoms with van der Waals surface area (Å²) in [4.78, 5) is 16.1. The summed E-state index contributed by atoms with van der Waals surface area (Å²) >= 11 is 0. The van der Waals surface area contributed by atoms with Gasteiger partial charge in [-0.25, -0.2) is 4.98 Å². The van der Waals surface area contributed by atoms with Crippen LogP contribution in [0.15, 0.2) is 30.3 Å². The van der Waals surface area contributed by atoms with Crippen molar-refractivity contribution in [1.29, 1.82) is 0 Å². The molecule has 3 aromatic rings. The van der Waals surface area contributed by atoms with E-state index >= 15 is 0 Å². The van der Waals surface area contributed by atoms with E-state index in [4.69, 9.17) is 10.5 Å². The van der Waals surface area contributed by atoms with Gasteiger partial charge in [-0.05, 0) is 44.4 Å². The largest absolute Gasteiger partial charge is 0.496 e. The first-order valence-electron chi connectivity index (χ1n) is 10.1. The average molecular weight is 393 g/mol. The smallest absolute Gasteiger partial charge is 0.226 e. The Bertz CT molecular complexity index is 1010. The maximum absolute atomic E-state index is 6.20. The standard InChI is InChI=1S/C22H28N6O/c1-14-12-15(2)24-21-19(14)20(23)26-22(27-21)25-17-8-10-28(11-9-17)13-16-6-4-5-7-18(16)29-3/h4-7,12,17H,8-11,13H2,1-3H3,(H3,23,24,25,26,27). The highest BCUT2D eigenvalue weighted by Gasteiger charge is 2.21. The van der Waals surface area contributed by atoms with Crippen LogP contribution in [0.2, 0.25) is 0 Å². The molecule has 7 nitrogen and oxygen atoms in total. The van der Waals surface area contributed by atoms with E-state index in [1.165, 1.54) is 5.56 Å². The molecule has 0 radical (unpaired) electrons. The summed E-state index contributed by atoms with van der Waals surface area (Å²) in [5.41, 5.74) is 10.1. The van der Waals surface area contributed by atoms with Crippen LogP contribution >= 0.6 is 0 Å². The zero-order valence-corrected chi connectivity index (χ0v) is 17.3. The van der Waals surface area contributed by atoms with Crippen LogP contribution in [0.1, 0.15) is 29.7 Å². The molecule has 29 heavy (non-hydrogen) atoms. The fraction of sp³-hybridized carbons (Fsp3) is 0.409. The molecule has 1 aromatic carbocycles. The number of nitrogen functional groups attached to an aromatic ring is 1. The van der Waals surface area contributed by atoms with Gasteiger partial charge in [0.15, 0.2) is 5.65 Å². The van der Waals surface area contributed by atoms with Gasteiger partial charge >= 0.3 is 0 Å². The second kappa shape index (κ2) is 8.21. The van der Waals surface area contributed by atoms with Crippen LogP contribution < -0.4 is 15.8 Å². The third-order valence-corrected chi connectivity index (χ3v) is 5.53. The zero-order chi connectivity index (χ0) is 20.4. The number of benzene rings is 1. The molecule has 1 saturated heterocycles. The molecule has 1 aliphatic rings. The molecule has 152 valence electrons. The highest BCUT2D eigenvalue weighted by molar-refractivity contribution is 5.89. The van der Waals surface area contributed by atoms with Crippen molar-refractivity contribution in [2.45, 2.75) is 39.3 Å². The van der Waals surface area contributed by atoms with Gasteiger partial charge in [-0.1, -0.05) is 18.2 Å². The molecule has 1 fully saturated rings. The van der Waals surface area contributed by atoms with E-state index in [2.05, 4.69) is 37.3 Å². The number of hydrogen-bond donors (Lipinski definition) is 2. The van der Waals surface area contributed by atoms with Gasteiger partial charge in [-0.2, -0.15) is 9.97 Å². The van der Waals surface area contributed by atoms with Gasteiger partial charge < -0.3 is 15.8 Å². The van der Waals surface area contributed by atoms with Crippen molar-refractivity contribution in [2.24, 2.45) is 0 Å². The van der Waals surface area contributed by atoms with Crippen molar-refractivity contribution in [3.63, 3.8) is 0 Å². The first-order chi connectivity index (χ1) is 14.0. The first kappa shape index (κ1) is 19.4. The Hall–Kier alpha value is -2.93. The molecule has 2 aromatic heterocycles. The Morgan fingerprint density at radius 2 is 1.90 bits per heavy atom. The second-order valence-corrected chi connectivity index (χ2v) is 7.72. The Morgan fingerprint density at radius 1 is 1.14 bits per heavy atom. The summed E-state index contributed by atoms with van der Waals surface area (Å²) in [7, 11) is 1.72. The third kappa shape index (κ3) is 4.24. The number of nitrogens with one attached hydrogen (secondary N) is 1. The molecule has 0 saturated carbocycles. The Balaban J connectivity index is 1.41. The Morgan fingerprint density at radius 3 is 2.66 bits per heavy atom. The summed E-state index contributed by atoms with van der Waals surface area (Å²) in [5, 5.41) is 4.31. The molecular formula is C22H28N6O. The fourth-order valence-corrected chi connectivity index (χ4v) is 4.07. The van der Waals surface area contributed by atoms with Gasteiger partial charge in [-0.3, -0.25) is 4.90 Å². The molecule has 0 spiro atoms. The Labute approximate surface area is 171 Å². The number of likely N-dealkylation sites (tertiary alicyclic amines) is 1. The molecule has 0 unspecified atom stereocenters. The molecule has 3 N–H and O–H groups in total. The number of rotatable bonds is 5. The van der Waals surface area contributed by atoms with E-state index in [0.717, 1.165) is 54.9 Å². The summed E-state index contributed by atoms with van der Waals surface area (Å²) < 4.78 is 5.48. The maximum atomic E-state index is 6.20. The SMILES string of the molecule is COc1ccccc1CN1CCC(Nc2nc(N)c3c(C)cc(C)nc3n2)CC1. The van der Waals surface area contributed by atoms with E-state index in [9.17, 15) is 0 Å². The minimum absolute atomic E-state index is 0.326. The van der Waals surface area contributed by atoms with Crippen molar-refractivity contribution < 1.29 is 4.74 Å². The van der Waals surface area contributed by atoms with E-state index in [0.29, 0.717) is 23.5 Å². The molecule has 0 atom stereocenters. The lowest BCUT2D eigenvalue weighted by Gasteiger charge is -2.32. The molecular weight excluding hydrogens is 364 g/mol. The number of nitrogens with two attached hydrogens (primary N) is 1. The van der Waals surface area contributed by atoms with Crippen molar-refractivity contribution in [1.82, 2.24) is 19.9 Å². The van der Waals surface area contributed by atoms with E-state index in [-0.39, 0.29) is 0 Å². The van der Waals surface area contributed by atoms with Crippen molar-refractivity contribution >= 4 is 22.8 Å². The number of ether oxygens (including phenoxy) is 1. The minimum Gasteiger partial charge on any atom is -0.496 e. The number of fused-ring (bicyclic) bond motifs is 1. The number of aromatic nitrogens is 3. The number of aryl methyl sites for hydroxylation is 2. The van der Waals surface area contributed by atoms with Crippen molar-refractivity contribution in [3.8, 4) is 5.75 Å². The normalized spacial score (nSPS) is 15.6. The average Bonchev–Trinajstić information content (AvgIpc) is 2.69. The number of para-hydroxylation sites is 1. The number of piperidine rings is 1. The topological polar surface area (TPSA) is 89.2 Å². The number of anilines is 2. The van der Waals surface area contributed by atoms with Gasteiger partial charge in [0.25, 0.3) is 0 Å². The lowest BCUT2D eigenvalue weighted by atomic mass is 10.0. The summed E-state index contributed by atoms with van der Waals surface area (Å²) in [6.45, 7) is 6.90. The zero-order valence-electron chi connectivity index (χ0n) is 17.3. The summed E-state index contributed by atoms with van der Waals surface area (Å²) in [6, 6.07) is 10.5. The Kier molecular flexibility index (Phi) is 5.49.